The van der Waals surface area contributed by atoms with Crippen LogP contribution in [0.5, 0.6) is 0 Å². The molecule has 0 aromatic carbocycles. The fourth-order valence-corrected chi connectivity index (χ4v) is 1.33. The summed E-state index contributed by atoms with van der Waals surface area (Å²) in [6.45, 7) is 6.54. The summed E-state index contributed by atoms with van der Waals surface area (Å²) < 4.78 is 0. The van der Waals surface area contributed by atoms with Crippen LogP contribution in [0, 0.1) is 5.41 Å². The number of nitrogens with zero attached hydrogens (tertiary/aromatic N) is 1. The second-order valence-corrected chi connectivity index (χ2v) is 3.78. The first-order valence-corrected chi connectivity index (χ1v) is 3.78. The van der Waals surface area contributed by atoms with Crippen molar-refractivity contribution >= 4 is 6.21 Å². The van der Waals surface area contributed by atoms with Crippen molar-refractivity contribution in [1.29, 1.82) is 0 Å². The summed E-state index contributed by atoms with van der Waals surface area (Å²) in [5.41, 5.74) is 0.361. The normalized spacial score (nSPS) is 30.9. The smallest absolute Gasteiger partial charge is 0.125 e. The van der Waals surface area contributed by atoms with Gasteiger partial charge in [0.25, 0.3) is 0 Å². The van der Waals surface area contributed by atoms with E-state index < -0.39 is 0 Å². The molecule has 0 bridgehead atoms. The zero-order valence-electron chi connectivity index (χ0n) is 6.92. The first-order chi connectivity index (χ1) is 4.60. The van der Waals surface area contributed by atoms with Crippen molar-refractivity contribution in [3.8, 4) is 0 Å². The van der Waals surface area contributed by atoms with Gasteiger partial charge in [0.2, 0.25) is 0 Å². The zero-order valence-corrected chi connectivity index (χ0v) is 6.92. The second-order valence-electron chi connectivity index (χ2n) is 3.78. The minimum Gasteiger partial charge on any atom is -0.393 e. The number of hydrogen-bond donors (Lipinski definition) is 0. The quantitative estimate of drug-likeness (QED) is 0.506. The van der Waals surface area contributed by atoms with E-state index in [1.54, 1.807) is 0 Å². The minimum absolute atomic E-state index is 0.272. The molecule has 0 saturated heterocycles. The predicted octanol–water partition coefficient (Wildman–Crippen LogP) is 2.20. The van der Waals surface area contributed by atoms with Gasteiger partial charge in [0.05, 0.1) is 0 Å². The number of hydrogen-bond acceptors (Lipinski definition) is 2. The average molecular weight is 141 g/mol. The lowest BCUT2D eigenvalue weighted by Crippen LogP contribution is -2.17. The molecule has 0 amide bonds. The molecule has 0 spiro atoms. The standard InChI is InChI=1S/C8H15NO/c1-7-6-8(2,3)4-5-9-10-7/h5,7H,4,6H2,1-3H3. The van der Waals surface area contributed by atoms with Crippen LogP contribution in [-0.4, -0.2) is 12.3 Å². The van der Waals surface area contributed by atoms with Crippen LogP contribution < -0.4 is 0 Å². The molecule has 1 aliphatic heterocycles. The maximum atomic E-state index is 5.11. The lowest BCUT2D eigenvalue weighted by Gasteiger charge is -2.21. The third-order valence-electron chi connectivity index (χ3n) is 1.80. The Kier molecular flexibility index (Phi) is 1.97. The Bertz CT molecular complexity index is 140. The first kappa shape index (κ1) is 7.58. The van der Waals surface area contributed by atoms with E-state index in [9.17, 15) is 0 Å². The van der Waals surface area contributed by atoms with Crippen LogP contribution in [0.3, 0.4) is 0 Å². The maximum Gasteiger partial charge on any atom is 0.125 e. The van der Waals surface area contributed by atoms with Gasteiger partial charge in [-0.25, -0.2) is 0 Å². The highest BCUT2D eigenvalue weighted by Crippen LogP contribution is 2.28. The van der Waals surface area contributed by atoms with Crippen LogP contribution in [0.4, 0.5) is 0 Å². The van der Waals surface area contributed by atoms with E-state index in [4.69, 9.17) is 4.84 Å². The molecule has 0 saturated carbocycles. The van der Waals surface area contributed by atoms with E-state index >= 15 is 0 Å². The SMILES string of the molecule is CC1CC(C)(C)CC=NO1. The third-order valence-corrected chi connectivity index (χ3v) is 1.80. The van der Waals surface area contributed by atoms with Crippen molar-refractivity contribution in [3.05, 3.63) is 0 Å². The molecule has 0 aromatic rings. The molecule has 10 heavy (non-hydrogen) atoms. The minimum atomic E-state index is 0.272. The average Bonchev–Trinajstić information content (AvgIpc) is 1.90. The Morgan fingerprint density at radius 1 is 1.60 bits per heavy atom. The zero-order chi connectivity index (χ0) is 7.61. The predicted molar refractivity (Wildman–Crippen MR) is 42.1 cm³/mol. The maximum absolute atomic E-state index is 5.11. The Morgan fingerprint density at radius 3 is 3.00 bits per heavy atom. The summed E-state index contributed by atoms with van der Waals surface area (Å²) in [5.74, 6) is 0. The summed E-state index contributed by atoms with van der Waals surface area (Å²) in [4.78, 5) is 5.11. The van der Waals surface area contributed by atoms with Gasteiger partial charge >= 0.3 is 0 Å². The largest absolute Gasteiger partial charge is 0.393 e. The second kappa shape index (κ2) is 2.60. The third kappa shape index (κ3) is 2.01. The lowest BCUT2D eigenvalue weighted by atomic mass is 9.84. The van der Waals surface area contributed by atoms with Gasteiger partial charge in [0, 0.05) is 6.21 Å². The molecule has 0 N–H and O–H groups in total. The Labute approximate surface area is 62.3 Å². The summed E-state index contributed by atoms with van der Waals surface area (Å²) in [5, 5.41) is 3.82. The molecule has 0 aromatic heterocycles. The van der Waals surface area contributed by atoms with E-state index in [1.807, 2.05) is 6.21 Å². The molecule has 2 nitrogen and oxygen atoms in total. The Hall–Kier alpha value is -0.530. The van der Waals surface area contributed by atoms with E-state index in [1.165, 1.54) is 0 Å². The summed E-state index contributed by atoms with van der Waals surface area (Å²) >= 11 is 0. The fraction of sp³-hybridized carbons (Fsp3) is 0.875. The molecule has 0 radical (unpaired) electrons. The van der Waals surface area contributed by atoms with Crippen LogP contribution in [0.25, 0.3) is 0 Å². The van der Waals surface area contributed by atoms with Gasteiger partial charge < -0.3 is 4.84 Å². The molecule has 2 heteroatoms. The van der Waals surface area contributed by atoms with Gasteiger partial charge in [-0.15, -0.1) is 0 Å². The topological polar surface area (TPSA) is 21.6 Å². The van der Waals surface area contributed by atoms with Crippen LogP contribution in [-0.2, 0) is 4.84 Å². The monoisotopic (exact) mass is 141 g/mol. The molecular weight excluding hydrogens is 126 g/mol. The summed E-state index contributed by atoms with van der Waals surface area (Å²) in [6.07, 6.45) is 4.25. The Morgan fingerprint density at radius 2 is 2.30 bits per heavy atom. The van der Waals surface area contributed by atoms with E-state index in [0.717, 1.165) is 12.8 Å². The van der Waals surface area contributed by atoms with Crippen LogP contribution >= 0.6 is 0 Å². The van der Waals surface area contributed by atoms with Crippen LogP contribution in [0.1, 0.15) is 33.6 Å². The summed E-state index contributed by atoms with van der Waals surface area (Å²) in [6, 6.07) is 0. The lowest BCUT2D eigenvalue weighted by molar-refractivity contribution is 0.0510. The van der Waals surface area contributed by atoms with Crippen LogP contribution in [0.2, 0.25) is 0 Å². The van der Waals surface area contributed by atoms with Gasteiger partial charge in [-0.2, -0.15) is 0 Å². The van der Waals surface area contributed by atoms with Crippen molar-refractivity contribution in [2.45, 2.75) is 39.7 Å². The number of oxime groups is 1. The van der Waals surface area contributed by atoms with Crippen LogP contribution in [0.15, 0.2) is 5.16 Å². The van der Waals surface area contributed by atoms with Gasteiger partial charge in [-0.1, -0.05) is 19.0 Å². The van der Waals surface area contributed by atoms with E-state index in [2.05, 4.69) is 25.9 Å². The summed E-state index contributed by atoms with van der Waals surface area (Å²) in [7, 11) is 0. The van der Waals surface area contributed by atoms with Gasteiger partial charge in [0.15, 0.2) is 0 Å². The molecule has 1 aliphatic rings. The molecule has 1 atom stereocenters. The molecule has 1 heterocycles. The molecule has 0 fully saturated rings. The van der Waals surface area contributed by atoms with Crippen molar-refractivity contribution in [3.63, 3.8) is 0 Å². The Balaban J connectivity index is 2.57. The molecular formula is C8H15NO. The number of rotatable bonds is 0. The van der Waals surface area contributed by atoms with Crippen molar-refractivity contribution in [1.82, 2.24) is 0 Å². The highest BCUT2D eigenvalue weighted by atomic mass is 16.6. The van der Waals surface area contributed by atoms with Gasteiger partial charge in [-0.05, 0) is 25.2 Å². The molecule has 0 aliphatic carbocycles. The first-order valence-electron chi connectivity index (χ1n) is 3.78. The van der Waals surface area contributed by atoms with Crippen molar-refractivity contribution < 1.29 is 4.84 Å². The highest BCUT2D eigenvalue weighted by molar-refractivity contribution is 5.57. The van der Waals surface area contributed by atoms with Crippen molar-refractivity contribution in [2.24, 2.45) is 10.6 Å². The molecule has 1 unspecified atom stereocenters. The van der Waals surface area contributed by atoms with Crippen molar-refractivity contribution in [2.75, 3.05) is 0 Å². The fourth-order valence-electron chi connectivity index (χ4n) is 1.33. The van der Waals surface area contributed by atoms with E-state index in [-0.39, 0.29) is 6.10 Å². The van der Waals surface area contributed by atoms with E-state index in [0.29, 0.717) is 5.41 Å². The highest BCUT2D eigenvalue weighted by Gasteiger charge is 2.22. The molecule has 1 rings (SSSR count). The molecule has 58 valence electrons. The van der Waals surface area contributed by atoms with Gasteiger partial charge in [-0.3, -0.25) is 0 Å². The van der Waals surface area contributed by atoms with Gasteiger partial charge in [0.1, 0.15) is 6.10 Å².